The topological polar surface area (TPSA) is 38.7 Å². The molecule has 0 saturated heterocycles. The molecule has 66 heavy (non-hydrogen) atoms. The second kappa shape index (κ2) is 15.7. The van der Waals surface area contributed by atoms with E-state index in [-0.39, 0.29) is 0 Å². The molecule has 0 N–H and O–H groups in total. The van der Waals surface area contributed by atoms with Gasteiger partial charge in [0.05, 0.1) is 0 Å². The van der Waals surface area contributed by atoms with Crippen molar-refractivity contribution in [2.75, 3.05) is 0 Å². The lowest BCUT2D eigenvalue weighted by molar-refractivity contribution is 1.07. The lowest BCUT2D eigenvalue weighted by atomic mass is 9.91. The molecular formula is C62H39N3S. The zero-order valence-electron chi connectivity index (χ0n) is 35.8. The maximum Gasteiger partial charge on any atom is 0.164 e. The Balaban J connectivity index is 1.07. The van der Waals surface area contributed by atoms with Crippen LogP contribution in [0.3, 0.4) is 0 Å². The van der Waals surface area contributed by atoms with Gasteiger partial charge in [-0.15, -0.1) is 11.3 Å². The zero-order valence-corrected chi connectivity index (χ0v) is 36.6. The van der Waals surface area contributed by atoms with Crippen LogP contribution >= 0.6 is 11.3 Å². The number of fused-ring (bicyclic) bond motifs is 8. The summed E-state index contributed by atoms with van der Waals surface area (Å²) in [5.74, 6) is 1.90. The van der Waals surface area contributed by atoms with Gasteiger partial charge in [-0.3, -0.25) is 0 Å². The van der Waals surface area contributed by atoms with Crippen LogP contribution in [0.5, 0.6) is 0 Å². The number of hydrogen-bond donors (Lipinski definition) is 0. The quantitative estimate of drug-likeness (QED) is 0.160. The molecular weight excluding hydrogens is 819 g/mol. The second-order valence-corrected chi connectivity index (χ2v) is 18.1. The van der Waals surface area contributed by atoms with Crippen LogP contribution in [-0.4, -0.2) is 15.0 Å². The molecule has 2 heterocycles. The summed E-state index contributed by atoms with van der Waals surface area (Å²) in [6.07, 6.45) is 0.848. The van der Waals surface area contributed by atoms with Crippen molar-refractivity contribution in [1.29, 1.82) is 0 Å². The molecule has 0 saturated carbocycles. The average Bonchev–Trinajstić information content (AvgIpc) is 3.99. The number of benzene rings is 10. The summed E-state index contributed by atoms with van der Waals surface area (Å²) in [4.78, 5) is 16.6. The highest BCUT2D eigenvalue weighted by Crippen LogP contribution is 2.49. The molecule has 0 aliphatic heterocycles. The van der Waals surface area contributed by atoms with Crippen molar-refractivity contribution in [3.8, 4) is 89.8 Å². The van der Waals surface area contributed by atoms with Gasteiger partial charge in [0.25, 0.3) is 0 Å². The normalized spacial score (nSPS) is 11.9. The molecule has 13 rings (SSSR count). The molecule has 0 bridgehead atoms. The predicted octanol–water partition coefficient (Wildman–Crippen LogP) is 16.6. The molecule has 0 fully saturated rings. The van der Waals surface area contributed by atoms with Gasteiger partial charge >= 0.3 is 0 Å². The molecule has 1 aliphatic carbocycles. The third-order valence-electron chi connectivity index (χ3n) is 13.1. The molecule has 0 radical (unpaired) electrons. The minimum Gasteiger partial charge on any atom is -0.208 e. The van der Waals surface area contributed by atoms with Crippen LogP contribution in [-0.2, 0) is 6.42 Å². The van der Waals surface area contributed by atoms with Gasteiger partial charge in [-0.2, -0.15) is 0 Å². The van der Waals surface area contributed by atoms with Gasteiger partial charge in [0.15, 0.2) is 17.5 Å². The first-order valence-electron chi connectivity index (χ1n) is 22.5. The standard InChI is InChI=1S/C62H39N3S/c1-4-17-39(18-5-1)45-36-46(40-19-6-2-7-20-40)38-47(37-45)60-63-61(65-62(64-60)54-32-15-25-44-35-43-24-14-29-48(56(43)57(44)54)41-21-8-3-9-22-41)52-28-13-12-27-50(52)51-30-16-31-53-58-49-26-11-10-23-42(49)33-34-55(58)66-59(51)53/h1-34,36-38H,35H2. The van der Waals surface area contributed by atoms with Gasteiger partial charge in [0, 0.05) is 42.4 Å². The fourth-order valence-corrected chi connectivity index (χ4v) is 11.4. The van der Waals surface area contributed by atoms with E-state index in [4.69, 9.17) is 15.0 Å². The van der Waals surface area contributed by atoms with Crippen LogP contribution in [0, 0.1) is 0 Å². The Morgan fingerprint density at radius 3 is 1.53 bits per heavy atom. The Kier molecular flexibility index (Phi) is 9.10. The molecule has 3 nitrogen and oxygen atoms in total. The van der Waals surface area contributed by atoms with Crippen molar-refractivity contribution >= 4 is 42.3 Å². The van der Waals surface area contributed by atoms with Crippen molar-refractivity contribution in [2.45, 2.75) is 6.42 Å². The third kappa shape index (κ3) is 6.45. The number of aromatic nitrogens is 3. The SMILES string of the molecule is c1ccc(-c2cc(-c3ccccc3)cc(-c3nc(-c4ccccc4-c4cccc5c4sc4ccc6ccccc6c45)nc(-c4cccc5c4-c4c(cccc4-c4ccccc4)C5)n3)c2)cc1. The van der Waals surface area contributed by atoms with Gasteiger partial charge in [-0.25, -0.2) is 15.0 Å². The van der Waals surface area contributed by atoms with Crippen molar-refractivity contribution in [3.05, 3.63) is 236 Å². The molecule has 2 aromatic heterocycles. The van der Waals surface area contributed by atoms with E-state index < -0.39 is 0 Å². The maximum absolute atomic E-state index is 5.54. The number of thiophene rings is 1. The molecule has 0 spiro atoms. The minimum absolute atomic E-state index is 0.624. The fourth-order valence-electron chi connectivity index (χ4n) is 10.1. The second-order valence-electron chi connectivity index (χ2n) is 17.0. The van der Waals surface area contributed by atoms with Crippen molar-refractivity contribution in [3.63, 3.8) is 0 Å². The van der Waals surface area contributed by atoms with E-state index >= 15 is 0 Å². The molecule has 12 aromatic rings. The minimum atomic E-state index is 0.624. The predicted molar refractivity (Wildman–Crippen MR) is 277 cm³/mol. The lowest BCUT2D eigenvalue weighted by Crippen LogP contribution is -2.02. The van der Waals surface area contributed by atoms with Crippen molar-refractivity contribution < 1.29 is 0 Å². The van der Waals surface area contributed by atoms with E-state index in [0.29, 0.717) is 17.5 Å². The molecule has 308 valence electrons. The number of nitrogens with zero attached hydrogens (tertiary/aromatic N) is 3. The average molecular weight is 858 g/mol. The molecule has 0 atom stereocenters. The van der Waals surface area contributed by atoms with Gasteiger partial charge in [-0.1, -0.05) is 200 Å². The molecule has 1 aliphatic rings. The summed E-state index contributed by atoms with van der Waals surface area (Å²) < 4.78 is 2.53. The van der Waals surface area contributed by atoms with E-state index in [0.717, 1.165) is 56.5 Å². The Labute approximate surface area is 387 Å². The number of hydrogen-bond acceptors (Lipinski definition) is 4. The van der Waals surface area contributed by atoms with Gasteiger partial charge < -0.3 is 0 Å². The molecule has 0 unspecified atom stereocenters. The summed E-state index contributed by atoms with van der Waals surface area (Å²) in [7, 11) is 0. The highest BCUT2D eigenvalue weighted by molar-refractivity contribution is 7.26. The Morgan fingerprint density at radius 1 is 0.318 bits per heavy atom. The van der Waals surface area contributed by atoms with Gasteiger partial charge in [0.2, 0.25) is 0 Å². The first kappa shape index (κ1) is 38.2. The van der Waals surface area contributed by atoms with Crippen molar-refractivity contribution in [2.24, 2.45) is 0 Å². The molecule has 4 heteroatoms. The number of rotatable bonds is 7. The lowest BCUT2D eigenvalue weighted by Gasteiger charge is -2.16. The highest BCUT2D eigenvalue weighted by Gasteiger charge is 2.28. The highest BCUT2D eigenvalue weighted by atomic mass is 32.1. The monoisotopic (exact) mass is 857 g/mol. The first-order valence-corrected chi connectivity index (χ1v) is 23.3. The van der Waals surface area contributed by atoms with E-state index in [9.17, 15) is 0 Å². The summed E-state index contributed by atoms with van der Waals surface area (Å²) in [6.45, 7) is 0. The zero-order chi connectivity index (χ0) is 43.6. The van der Waals surface area contributed by atoms with Crippen LogP contribution in [0.1, 0.15) is 11.1 Å². The smallest absolute Gasteiger partial charge is 0.164 e. The summed E-state index contributed by atoms with van der Waals surface area (Å²) in [5.41, 5.74) is 17.0. The van der Waals surface area contributed by atoms with E-state index in [1.807, 2.05) is 11.3 Å². The largest absolute Gasteiger partial charge is 0.208 e. The third-order valence-corrected chi connectivity index (χ3v) is 14.3. The maximum atomic E-state index is 5.54. The van der Waals surface area contributed by atoms with E-state index in [2.05, 4.69) is 224 Å². The van der Waals surface area contributed by atoms with E-state index in [1.165, 1.54) is 64.3 Å². The van der Waals surface area contributed by atoms with Gasteiger partial charge in [-0.05, 0) is 103 Å². The Bertz CT molecular complexity index is 3780. The summed E-state index contributed by atoms with van der Waals surface area (Å²) >= 11 is 1.85. The van der Waals surface area contributed by atoms with Crippen LogP contribution in [0.2, 0.25) is 0 Å². The molecule has 10 aromatic carbocycles. The van der Waals surface area contributed by atoms with E-state index in [1.54, 1.807) is 0 Å². The summed E-state index contributed by atoms with van der Waals surface area (Å²) in [6, 6.07) is 80.5. The van der Waals surface area contributed by atoms with Gasteiger partial charge in [0.1, 0.15) is 0 Å². The molecule has 0 amide bonds. The summed E-state index contributed by atoms with van der Waals surface area (Å²) in [5, 5.41) is 5.09. The van der Waals surface area contributed by atoms with Crippen molar-refractivity contribution in [1.82, 2.24) is 15.0 Å². The van der Waals surface area contributed by atoms with Crippen LogP contribution in [0.4, 0.5) is 0 Å². The Hall–Kier alpha value is -8.31. The first-order chi connectivity index (χ1) is 32.7. The Morgan fingerprint density at radius 2 is 0.818 bits per heavy atom. The van der Waals surface area contributed by atoms with Crippen LogP contribution < -0.4 is 0 Å². The van der Waals surface area contributed by atoms with Crippen LogP contribution in [0.25, 0.3) is 121 Å². The fraction of sp³-hybridized carbons (Fsp3) is 0.0161. The van der Waals surface area contributed by atoms with Crippen LogP contribution in [0.15, 0.2) is 224 Å².